The molecule has 2 aromatic carbocycles. The van der Waals surface area contributed by atoms with Crippen LogP contribution in [0.1, 0.15) is 16.7 Å². The molecule has 0 radical (unpaired) electrons. The zero-order valence-corrected chi connectivity index (χ0v) is 12.3. The molecule has 2 aliphatic heterocycles. The van der Waals surface area contributed by atoms with Crippen molar-refractivity contribution >= 4 is 23.5 Å². The highest BCUT2D eigenvalue weighted by Crippen LogP contribution is 2.46. The van der Waals surface area contributed by atoms with E-state index in [2.05, 4.69) is 0 Å². The number of carbonyl (C=O) groups is 2. The maximum atomic E-state index is 12.2. The maximum Gasteiger partial charge on any atom is 0.399 e. The SMILES string of the molecule is O=C1OC2(c3ccccc3)c3cc(Cl)ccc3CCN2C1=O. The Hall–Kier alpha value is -2.33. The van der Waals surface area contributed by atoms with Gasteiger partial charge in [0.05, 0.1) is 0 Å². The second-order valence-electron chi connectivity index (χ2n) is 5.41. The van der Waals surface area contributed by atoms with E-state index in [4.69, 9.17) is 16.3 Å². The second-order valence-corrected chi connectivity index (χ2v) is 5.84. The van der Waals surface area contributed by atoms with Gasteiger partial charge < -0.3 is 4.74 Å². The van der Waals surface area contributed by atoms with Crippen LogP contribution in [0.3, 0.4) is 0 Å². The van der Waals surface area contributed by atoms with Crippen LogP contribution in [0.15, 0.2) is 48.5 Å². The van der Waals surface area contributed by atoms with Crippen LogP contribution in [0.25, 0.3) is 0 Å². The van der Waals surface area contributed by atoms with Crippen LogP contribution in [-0.2, 0) is 26.5 Å². The van der Waals surface area contributed by atoms with Gasteiger partial charge in [-0.1, -0.05) is 48.0 Å². The van der Waals surface area contributed by atoms with Crippen LogP contribution in [-0.4, -0.2) is 23.3 Å². The molecule has 1 atom stereocenters. The largest absolute Gasteiger partial charge is 0.423 e. The molecule has 2 aliphatic rings. The first-order valence-corrected chi connectivity index (χ1v) is 7.40. The predicted octanol–water partition coefficient (Wildman–Crippen LogP) is 2.48. The molecule has 1 unspecified atom stereocenters. The van der Waals surface area contributed by atoms with Gasteiger partial charge in [-0.15, -0.1) is 0 Å². The minimum Gasteiger partial charge on any atom is -0.423 e. The molecule has 1 fully saturated rings. The highest BCUT2D eigenvalue weighted by Gasteiger charge is 2.57. The lowest BCUT2D eigenvalue weighted by Gasteiger charge is -2.41. The molecule has 2 aromatic rings. The highest BCUT2D eigenvalue weighted by atomic mass is 35.5. The third kappa shape index (κ3) is 1.64. The summed E-state index contributed by atoms with van der Waals surface area (Å²) >= 11 is 6.15. The topological polar surface area (TPSA) is 46.6 Å². The summed E-state index contributed by atoms with van der Waals surface area (Å²) in [5.74, 6) is -1.42. The van der Waals surface area contributed by atoms with Crippen molar-refractivity contribution < 1.29 is 14.3 Å². The number of carbonyl (C=O) groups excluding carboxylic acids is 2. The van der Waals surface area contributed by atoms with Crippen molar-refractivity contribution in [3.63, 3.8) is 0 Å². The fraction of sp³-hybridized carbons (Fsp3) is 0.176. The molecule has 22 heavy (non-hydrogen) atoms. The van der Waals surface area contributed by atoms with Crippen LogP contribution in [0.5, 0.6) is 0 Å². The standard InChI is InChI=1S/C17H12ClNO3/c18-13-7-6-11-8-9-19-15(20)16(21)22-17(19,14(11)10-13)12-4-2-1-3-5-12/h1-7,10H,8-9H2. The lowest BCUT2D eigenvalue weighted by atomic mass is 9.85. The Morgan fingerprint density at radius 3 is 2.64 bits per heavy atom. The van der Waals surface area contributed by atoms with E-state index in [9.17, 15) is 9.59 Å². The average Bonchev–Trinajstić information content (AvgIpc) is 2.81. The lowest BCUT2D eigenvalue weighted by molar-refractivity contribution is -0.152. The summed E-state index contributed by atoms with van der Waals surface area (Å²) in [5.41, 5.74) is 1.34. The molecular weight excluding hydrogens is 302 g/mol. The van der Waals surface area contributed by atoms with E-state index in [0.29, 0.717) is 18.0 Å². The number of rotatable bonds is 1. The summed E-state index contributed by atoms with van der Waals surface area (Å²) in [7, 11) is 0. The fourth-order valence-electron chi connectivity index (χ4n) is 3.29. The molecule has 0 N–H and O–H groups in total. The Bertz CT molecular complexity index is 790. The van der Waals surface area contributed by atoms with E-state index in [1.54, 1.807) is 6.07 Å². The van der Waals surface area contributed by atoms with Gasteiger partial charge in [-0.3, -0.25) is 9.69 Å². The van der Waals surface area contributed by atoms with Crippen LogP contribution >= 0.6 is 11.6 Å². The van der Waals surface area contributed by atoms with Crippen LogP contribution in [0.4, 0.5) is 0 Å². The zero-order valence-electron chi connectivity index (χ0n) is 11.6. The van der Waals surface area contributed by atoms with Crippen LogP contribution in [0, 0.1) is 0 Å². The van der Waals surface area contributed by atoms with Crippen LogP contribution < -0.4 is 0 Å². The van der Waals surface area contributed by atoms with Crippen molar-refractivity contribution in [3.8, 4) is 0 Å². The van der Waals surface area contributed by atoms with Crippen LogP contribution in [0.2, 0.25) is 5.02 Å². The molecule has 1 amide bonds. The molecule has 0 aliphatic carbocycles. The Morgan fingerprint density at radius 1 is 1.09 bits per heavy atom. The zero-order chi connectivity index (χ0) is 15.3. The van der Waals surface area contributed by atoms with Gasteiger partial charge in [0, 0.05) is 22.7 Å². The second kappa shape index (κ2) is 4.58. The number of nitrogens with zero attached hydrogens (tertiary/aromatic N) is 1. The third-order valence-corrected chi connectivity index (χ3v) is 4.48. The average molecular weight is 314 g/mol. The monoisotopic (exact) mass is 313 g/mol. The molecule has 1 saturated heterocycles. The molecule has 110 valence electrons. The molecule has 4 nitrogen and oxygen atoms in total. The predicted molar refractivity (Wildman–Crippen MR) is 80.2 cm³/mol. The van der Waals surface area contributed by atoms with E-state index < -0.39 is 17.6 Å². The molecule has 0 spiro atoms. The van der Waals surface area contributed by atoms with Gasteiger partial charge in [-0.2, -0.15) is 0 Å². The summed E-state index contributed by atoms with van der Waals surface area (Å²) in [5, 5.41) is 0.548. The molecule has 0 aromatic heterocycles. The molecule has 0 saturated carbocycles. The summed E-state index contributed by atoms with van der Waals surface area (Å²) in [4.78, 5) is 25.7. The minimum absolute atomic E-state index is 0.439. The highest BCUT2D eigenvalue weighted by molar-refractivity contribution is 6.34. The van der Waals surface area contributed by atoms with Gasteiger partial charge in [0.1, 0.15) is 0 Å². The summed E-state index contributed by atoms with van der Waals surface area (Å²) < 4.78 is 5.61. The van der Waals surface area contributed by atoms with Crippen molar-refractivity contribution in [3.05, 3.63) is 70.2 Å². The number of amides is 1. The molecule has 5 heteroatoms. The Labute approximate surface area is 132 Å². The minimum atomic E-state index is -1.20. The first kappa shape index (κ1) is 13.3. The van der Waals surface area contributed by atoms with E-state index in [1.165, 1.54) is 4.90 Å². The normalized spacial score (nSPS) is 23.0. The van der Waals surface area contributed by atoms with Gasteiger partial charge in [-0.25, -0.2) is 4.79 Å². The molecule has 0 bridgehead atoms. The van der Waals surface area contributed by atoms with E-state index in [0.717, 1.165) is 16.7 Å². The van der Waals surface area contributed by atoms with Crippen molar-refractivity contribution in [1.29, 1.82) is 0 Å². The first-order valence-electron chi connectivity index (χ1n) is 7.02. The number of fused-ring (bicyclic) bond motifs is 3. The quantitative estimate of drug-likeness (QED) is 0.600. The van der Waals surface area contributed by atoms with Crippen molar-refractivity contribution in [1.82, 2.24) is 4.90 Å². The van der Waals surface area contributed by atoms with Crippen molar-refractivity contribution in [2.24, 2.45) is 0 Å². The number of esters is 1. The van der Waals surface area contributed by atoms with Gasteiger partial charge >= 0.3 is 11.9 Å². The number of halogens is 1. The maximum absolute atomic E-state index is 12.2. The van der Waals surface area contributed by atoms with Gasteiger partial charge in [-0.05, 0) is 24.1 Å². The van der Waals surface area contributed by atoms with E-state index in [1.807, 2.05) is 42.5 Å². The molecular formula is C17H12ClNO3. The number of hydrogen-bond donors (Lipinski definition) is 0. The summed E-state index contributed by atoms with van der Waals surface area (Å²) in [6.45, 7) is 0.439. The Kier molecular flexibility index (Phi) is 2.78. The third-order valence-electron chi connectivity index (χ3n) is 4.25. The lowest BCUT2D eigenvalue weighted by Crippen LogP contribution is -2.49. The fourth-order valence-corrected chi connectivity index (χ4v) is 3.47. The molecule has 4 rings (SSSR count). The summed E-state index contributed by atoms with van der Waals surface area (Å²) in [6.07, 6.45) is 0.670. The smallest absolute Gasteiger partial charge is 0.399 e. The Balaban J connectivity index is 2.04. The van der Waals surface area contributed by atoms with Gasteiger partial charge in [0.25, 0.3) is 0 Å². The van der Waals surface area contributed by atoms with Crippen molar-refractivity contribution in [2.75, 3.05) is 6.54 Å². The molecule has 2 heterocycles. The Morgan fingerprint density at radius 2 is 1.86 bits per heavy atom. The van der Waals surface area contributed by atoms with Crippen molar-refractivity contribution in [2.45, 2.75) is 12.1 Å². The summed E-state index contributed by atoms with van der Waals surface area (Å²) in [6, 6.07) is 14.8. The van der Waals surface area contributed by atoms with E-state index >= 15 is 0 Å². The van der Waals surface area contributed by atoms with Gasteiger partial charge in [0.15, 0.2) is 0 Å². The van der Waals surface area contributed by atoms with E-state index in [-0.39, 0.29) is 0 Å². The van der Waals surface area contributed by atoms with Gasteiger partial charge in [0.2, 0.25) is 5.72 Å². The number of hydrogen-bond acceptors (Lipinski definition) is 3. The number of ether oxygens (including phenoxy) is 1. The first-order chi connectivity index (χ1) is 10.6. The number of benzene rings is 2.